The molecule has 4 amide bonds. The number of hydrogen-bond acceptors (Lipinski definition) is 5. The molecule has 0 radical (unpaired) electrons. The van der Waals surface area contributed by atoms with Gasteiger partial charge in [-0.25, -0.2) is 0 Å². The number of amides is 4. The predicted molar refractivity (Wildman–Crippen MR) is 67.7 cm³/mol. The molecule has 1 atom stereocenters. The number of nitrogens with one attached hydrogen (secondary N) is 1. The fourth-order valence-electron chi connectivity index (χ4n) is 2.37. The van der Waals surface area contributed by atoms with E-state index in [0.29, 0.717) is 23.3 Å². The van der Waals surface area contributed by atoms with Crippen LogP contribution in [0.2, 0.25) is 0 Å². The Morgan fingerprint density at radius 2 is 2.05 bits per heavy atom. The van der Waals surface area contributed by atoms with Crippen molar-refractivity contribution in [3.05, 3.63) is 21.9 Å². The van der Waals surface area contributed by atoms with Crippen LogP contribution in [-0.4, -0.2) is 34.6 Å². The van der Waals surface area contributed by atoms with E-state index in [2.05, 4.69) is 5.32 Å². The molecule has 100 valence electrons. The lowest BCUT2D eigenvalue weighted by atomic mass is 10.1. The van der Waals surface area contributed by atoms with Crippen LogP contribution in [-0.2, 0) is 9.59 Å². The van der Waals surface area contributed by atoms with E-state index >= 15 is 0 Å². The first-order chi connectivity index (χ1) is 9.09. The Bertz CT molecular complexity index is 582. The zero-order valence-electron chi connectivity index (χ0n) is 9.84. The van der Waals surface area contributed by atoms with Gasteiger partial charge in [-0.3, -0.25) is 29.4 Å². The van der Waals surface area contributed by atoms with Crippen LogP contribution < -0.4 is 5.32 Å². The van der Waals surface area contributed by atoms with Crippen molar-refractivity contribution < 1.29 is 20.6 Å². The second-order valence-corrected chi connectivity index (χ2v) is 5.38. The highest BCUT2D eigenvalue weighted by Gasteiger charge is 2.44. The molecule has 1 aromatic heterocycles. The van der Waals surface area contributed by atoms with Gasteiger partial charge in [-0.05, 0) is 24.3 Å². The zero-order chi connectivity index (χ0) is 13.6. The zero-order valence-corrected chi connectivity index (χ0v) is 10.7. The van der Waals surface area contributed by atoms with Crippen LogP contribution >= 0.6 is 11.3 Å². The van der Waals surface area contributed by atoms with Crippen LogP contribution in [0.1, 0.15) is 40.7 Å². The molecule has 1 saturated heterocycles. The van der Waals surface area contributed by atoms with Gasteiger partial charge in [0.15, 0.2) is 0 Å². The van der Waals surface area contributed by atoms with Gasteiger partial charge >= 0.3 is 0 Å². The van der Waals surface area contributed by atoms with E-state index in [1.165, 1.54) is 11.3 Å². The van der Waals surface area contributed by atoms with Gasteiger partial charge in [0.25, 0.3) is 11.8 Å². The Kier molecular flexibility index (Phi) is 2.70. The van der Waals surface area contributed by atoms with E-state index < -0.39 is 23.8 Å². The molecule has 1 fully saturated rings. The first kappa shape index (κ1) is 12.0. The largest absolute Gasteiger partial charge is 0.295 e. The first-order valence-electron chi connectivity index (χ1n) is 5.88. The minimum atomic E-state index is -0.883. The number of imide groups is 2. The molecular weight excluding hydrogens is 268 g/mol. The van der Waals surface area contributed by atoms with Gasteiger partial charge in [0.2, 0.25) is 11.8 Å². The average Bonchev–Trinajstić information content (AvgIpc) is 2.87. The molecular formula is C12H12N2O4S. The second-order valence-electron chi connectivity index (χ2n) is 4.46. The Hall–Kier alpha value is -2.02. The standard InChI is InChI=1S/C12H10N2O4S.H2/c15-8-3-1-2-7(10(16)13-8)14-11(17)6-4-5-19-9(6)12(14)18;/h4-5,7H,1-3H2,(H,13,15,16);1H/t7-;/m0./s1. The molecule has 2 aliphatic heterocycles. The summed E-state index contributed by atoms with van der Waals surface area (Å²) in [6, 6.07) is 0.700. The number of nitrogens with zero attached hydrogens (tertiary/aromatic N) is 1. The number of carbonyl (C=O) groups is 4. The third-order valence-electron chi connectivity index (χ3n) is 3.29. The van der Waals surface area contributed by atoms with Crippen molar-refractivity contribution in [3.8, 4) is 0 Å². The van der Waals surface area contributed by atoms with Crippen LogP contribution in [0.15, 0.2) is 11.4 Å². The van der Waals surface area contributed by atoms with Crippen LogP contribution in [0.5, 0.6) is 0 Å². The molecule has 1 aromatic rings. The van der Waals surface area contributed by atoms with Gasteiger partial charge in [-0.2, -0.15) is 0 Å². The lowest BCUT2D eigenvalue weighted by Crippen LogP contribution is -2.49. The van der Waals surface area contributed by atoms with Crippen LogP contribution in [0.25, 0.3) is 0 Å². The highest BCUT2D eigenvalue weighted by atomic mass is 32.1. The summed E-state index contributed by atoms with van der Waals surface area (Å²) in [4.78, 5) is 48.8. The van der Waals surface area contributed by atoms with Gasteiger partial charge < -0.3 is 0 Å². The summed E-state index contributed by atoms with van der Waals surface area (Å²) in [6.07, 6.45) is 1.04. The van der Waals surface area contributed by atoms with E-state index in [0.717, 1.165) is 4.90 Å². The Morgan fingerprint density at radius 3 is 2.79 bits per heavy atom. The van der Waals surface area contributed by atoms with Gasteiger partial charge in [0.05, 0.1) is 5.56 Å². The van der Waals surface area contributed by atoms with Crippen molar-refractivity contribution in [2.75, 3.05) is 0 Å². The molecule has 19 heavy (non-hydrogen) atoms. The van der Waals surface area contributed by atoms with Crippen LogP contribution in [0.3, 0.4) is 0 Å². The van der Waals surface area contributed by atoms with E-state index in [4.69, 9.17) is 0 Å². The molecule has 6 nitrogen and oxygen atoms in total. The second kappa shape index (κ2) is 4.27. The van der Waals surface area contributed by atoms with E-state index in [1.807, 2.05) is 0 Å². The molecule has 3 heterocycles. The maximum Gasteiger partial charge on any atom is 0.272 e. The summed E-state index contributed by atoms with van der Waals surface area (Å²) in [6.45, 7) is 0. The Morgan fingerprint density at radius 1 is 1.26 bits per heavy atom. The summed E-state index contributed by atoms with van der Waals surface area (Å²) in [5.41, 5.74) is 0.346. The number of fused-ring (bicyclic) bond motifs is 1. The molecule has 3 rings (SSSR count). The summed E-state index contributed by atoms with van der Waals surface area (Å²) in [7, 11) is 0. The Balaban J connectivity index is 0.00000147. The van der Waals surface area contributed by atoms with Gasteiger partial charge in [-0.15, -0.1) is 11.3 Å². The summed E-state index contributed by atoms with van der Waals surface area (Å²) in [5, 5.41) is 3.88. The van der Waals surface area contributed by atoms with Crippen molar-refractivity contribution in [2.45, 2.75) is 25.3 Å². The van der Waals surface area contributed by atoms with Crippen molar-refractivity contribution in [3.63, 3.8) is 0 Å². The maximum atomic E-state index is 12.2. The maximum absolute atomic E-state index is 12.2. The fraction of sp³-hybridized carbons (Fsp3) is 0.333. The normalized spacial score (nSPS) is 23.4. The molecule has 0 spiro atoms. The predicted octanol–water partition coefficient (Wildman–Crippen LogP) is 0.785. The topological polar surface area (TPSA) is 83.6 Å². The van der Waals surface area contributed by atoms with Crippen molar-refractivity contribution in [1.82, 2.24) is 10.2 Å². The first-order valence-corrected chi connectivity index (χ1v) is 6.76. The monoisotopic (exact) mass is 280 g/mol. The van der Waals surface area contributed by atoms with E-state index in [9.17, 15) is 19.2 Å². The summed E-state index contributed by atoms with van der Waals surface area (Å²) >= 11 is 1.19. The van der Waals surface area contributed by atoms with Crippen LogP contribution in [0.4, 0.5) is 0 Å². The molecule has 0 saturated carbocycles. The molecule has 2 aliphatic rings. The van der Waals surface area contributed by atoms with Gasteiger partial charge in [0, 0.05) is 7.85 Å². The number of hydrogen-bond donors (Lipinski definition) is 1. The quantitative estimate of drug-likeness (QED) is 0.771. The average molecular weight is 280 g/mol. The van der Waals surface area contributed by atoms with E-state index in [-0.39, 0.29) is 13.8 Å². The minimum Gasteiger partial charge on any atom is -0.295 e. The van der Waals surface area contributed by atoms with Gasteiger partial charge in [0.1, 0.15) is 10.9 Å². The molecule has 0 bridgehead atoms. The molecule has 0 aromatic carbocycles. The third-order valence-corrected chi connectivity index (χ3v) is 4.19. The molecule has 7 heteroatoms. The fourth-order valence-corrected chi connectivity index (χ4v) is 3.20. The lowest BCUT2D eigenvalue weighted by molar-refractivity contribution is -0.131. The Labute approximate surface area is 113 Å². The third kappa shape index (κ3) is 1.77. The molecule has 0 unspecified atom stereocenters. The van der Waals surface area contributed by atoms with Crippen LogP contribution in [0, 0.1) is 0 Å². The number of thiophene rings is 1. The van der Waals surface area contributed by atoms with Crippen molar-refractivity contribution in [2.24, 2.45) is 0 Å². The highest BCUT2D eigenvalue weighted by molar-refractivity contribution is 7.12. The smallest absolute Gasteiger partial charge is 0.272 e. The van der Waals surface area contributed by atoms with E-state index in [1.54, 1.807) is 11.4 Å². The minimum absolute atomic E-state index is 0. The van der Waals surface area contributed by atoms with Crippen molar-refractivity contribution in [1.29, 1.82) is 0 Å². The number of rotatable bonds is 1. The summed E-state index contributed by atoms with van der Waals surface area (Å²) < 4.78 is 0. The van der Waals surface area contributed by atoms with Gasteiger partial charge in [-0.1, -0.05) is 0 Å². The lowest BCUT2D eigenvalue weighted by Gasteiger charge is -2.22. The number of carbonyl (C=O) groups excluding carboxylic acids is 4. The molecule has 1 N–H and O–H groups in total. The summed E-state index contributed by atoms with van der Waals surface area (Å²) in [5.74, 6) is -1.82. The highest BCUT2D eigenvalue weighted by Crippen LogP contribution is 2.30. The molecule has 0 aliphatic carbocycles. The SMILES string of the molecule is O=C1CCC[C@H](N2C(=O)c3ccsc3C2=O)C(=O)N1.[HH]. The van der Waals surface area contributed by atoms with Crippen molar-refractivity contribution >= 4 is 35.0 Å².